The largest absolute Gasteiger partial charge is 0.564 e. The van der Waals surface area contributed by atoms with Gasteiger partial charge < -0.3 is 14.5 Å². The summed E-state index contributed by atoms with van der Waals surface area (Å²) in [5.74, 6) is -0.00843. The Hall–Kier alpha value is -0.810. The molecule has 0 aromatic heterocycles. The highest BCUT2D eigenvalue weighted by Crippen LogP contribution is 2.65. The van der Waals surface area contributed by atoms with Gasteiger partial charge in [0.25, 0.3) is 0 Å². The summed E-state index contributed by atoms with van der Waals surface area (Å²) < 4.78 is 4.91. The summed E-state index contributed by atoms with van der Waals surface area (Å²) in [5.41, 5.74) is -0.299. The number of ether oxygens (including phenoxy) is 1. The fourth-order valence-corrected chi connectivity index (χ4v) is 4.00. The first kappa shape index (κ1) is 16.6. The van der Waals surface area contributed by atoms with Crippen LogP contribution in [0.4, 0.5) is 0 Å². The molecule has 1 aliphatic heterocycles. The number of piperidine rings is 1. The number of methoxy groups -OCH3 is 1. The van der Waals surface area contributed by atoms with Gasteiger partial charge in [-0.1, -0.05) is 34.6 Å². The third kappa shape index (κ3) is 2.55. The van der Waals surface area contributed by atoms with Crippen molar-refractivity contribution in [3.63, 3.8) is 0 Å². The number of rotatable bonds is 3. The molecule has 5 nitrogen and oxygen atoms in total. The van der Waals surface area contributed by atoms with Crippen LogP contribution in [0.3, 0.4) is 0 Å². The minimum absolute atomic E-state index is 0.0883. The number of carbonyl (C=O) groups is 2. The van der Waals surface area contributed by atoms with Crippen molar-refractivity contribution < 1.29 is 14.3 Å². The Labute approximate surface area is 131 Å². The first-order valence-electron chi connectivity index (χ1n) is 7.26. The lowest BCUT2D eigenvalue weighted by Gasteiger charge is -2.42. The molecular formula is C15H24ClN2O3-. The summed E-state index contributed by atoms with van der Waals surface area (Å²) in [6.07, 6.45) is 0. The van der Waals surface area contributed by atoms with Gasteiger partial charge in [0.05, 0.1) is 7.11 Å². The van der Waals surface area contributed by atoms with Crippen LogP contribution in [-0.2, 0) is 14.3 Å². The van der Waals surface area contributed by atoms with Gasteiger partial charge in [0, 0.05) is 12.5 Å². The van der Waals surface area contributed by atoms with Crippen LogP contribution >= 0.6 is 11.8 Å². The van der Waals surface area contributed by atoms with Gasteiger partial charge in [0.1, 0.15) is 6.04 Å². The third-order valence-electron chi connectivity index (χ3n) is 5.09. The van der Waals surface area contributed by atoms with Gasteiger partial charge in [-0.15, -0.1) is 0 Å². The zero-order valence-electron chi connectivity index (χ0n) is 13.5. The molecule has 0 bridgehead atoms. The molecule has 0 spiro atoms. The van der Waals surface area contributed by atoms with E-state index in [-0.39, 0.29) is 28.6 Å². The molecule has 4 atom stereocenters. The summed E-state index contributed by atoms with van der Waals surface area (Å²) >= 11 is 5.65. The molecule has 6 heteroatoms. The number of hydrogen-bond acceptors (Lipinski definition) is 3. The maximum Gasteiger partial charge on any atom is 0.328 e. The minimum atomic E-state index is -0.660. The molecule has 0 N–H and O–H groups in total. The van der Waals surface area contributed by atoms with Gasteiger partial charge in [-0.3, -0.25) is 16.6 Å². The quantitative estimate of drug-likeness (QED) is 0.752. The molecule has 2 rings (SSSR count). The normalized spacial score (nSPS) is 31.6. The average molecular weight is 316 g/mol. The van der Waals surface area contributed by atoms with Crippen LogP contribution in [0.25, 0.3) is 4.84 Å². The number of likely N-dealkylation sites (tertiary alicyclic amines) is 1. The number of fused-ring (bicyclic) bond motifs is 1. The first-order valence-corrected chi connectivity index (χ1v) is 7.60. The van der Waals surface area contributed by atoms with Crippen molar-refractivity contribution in [2.45, 2.75) is 46.7 Å². The number of esters is 1. The lowest BCUT2D eigenvalue weighted by atomic mass is 9.86. The molecule has 0 radical (unpaired) electrons. The Balaban J connectivity index is 2.24. The summed E-state index contributed by atoms with van der Waals surface area (Å²) in [6.45, 7) is 10.6. The van der Waals surface area contributed by atoms with Crippen LogP contribution in [0.5, 0.6) is 0 Å². The topological polar surface area (TPSA) is 60.7 Å². The zero-order chi connectivity index (χ0) is 16.2. The Morgan fingerprint density at radius 1 is 1.38 bits per heavy atom. The smallest absolute Gasteiger partial charge is 0.328 e. The Morgan fingerprint density at radius 2 is 1.95 bits per heavy atom. The second-order valence-electron chi connectivity index (χ2n) is 7.78. The van der Waals surface area contributed by atoms with E-state index in [4.69, 9.17) is 16.5 Å². The Bertz CT molecular complexity index is 458. The maximum atomic E-state index is 12.8. The lowest BCUT2D eigenvalue weighted by Crippen LogP contribution is -2.51. The predicted molar refractivity (Wildman–Crippen MR) is 80.7 cm³/mol. The highest BCUT2D eigenvalue weighted by atomic mass is 35.5. The van der Waals surface area contributed by atoms with Gasteiger partial charge in [-0.25, -0.2) is 4.79 Å². The van der Waals surface area contributed by atoms with E-state index in [1.54, 1.807) is 4.90 Å². The molecule has 0 unspecified atom stereocenters. The second kappa shape index (κ2) is 5.13. The van der Waals surface area contributed by atoms with Gasteiger partial charge in [-0.2, -0.15) is 0 Å². The highest BCUT2D eigenvalue weighted by Gasteiger charge is 2.69. The number of amides is 1. The minimum Gasteiger partial charge on any atom is -0.564 e. The number of nitrogens with zero attached hydrogens (tertiary/aromatic N) is 2. The van der Waals surface area contributed by atoms with Crippen LogP contribution < -0.4 is 0 Å². The van der Waals surface area contributed by atoms with E-state index < -0.39 is 12.1 Å². The molecule has 1 amide bonds. The zero-order valence-corrected chi connectivity index (χ0v) is 14.3. The van der Waals surface area contributed by atoms with Crippen molar-refractivity contribution in [2.24, 2.45) is 22.7 Å². The fraction of sp³-hybridized carbons (Fsp3) is 0.867. The predicted octanol–water partition coefficient (Wildman–Crippen LogP) is 2.58. The van der Waals surface area contributed by atoms with E-state index in [0.717, 1.165) is 0 Å². The second-order valence-corrected chi connectivity index (χ2v) is 7.97. The molecule has 2 aliphatic rings. The molecule has 2 fully saturated rings. The van der Waals surface area contributed by atoms with Crippen LogP contribution in [0.15, 0.2) is 0 Å². The average Bonchev–Trinajstić information content (AvgIpc) is 2.76. The summed E-state index contributed by atoms with van der Waals surface area (Å²) in [7, 11) is 1.36. The molecule has 1 saturated heterocycles. The summed E-state index contributed by atoms with van der Waals surface area (Å²) in [6, 6.07) is -1.17. The fourth-order valence-electron chi connectivity index (χ4n) is 3.62. The summed E-state index contributed by atoms with van der Waals surface area (Å²) in [5, 5.41) is 0. The monoisotopic (exact) mass is 315 g/mol. The standard InChI is InChI=1S/C15H24ClN2O3/c1-14(2,3)11(17-16)12(19)18-7-8-9(15(8,4)5)10(18)13(20)21-6/h8-11H,7H2,1-6H3/q-1/t8-,9-,10-,11+/m0/s1. The van der Waals surface area contributed by atoms with Crippen molar-refractivity contribution in [3.8, 4) is 0 Å². The van der Waals surface area contributed by atoms with E-state index >= 15 is 0 Å². The Kier molecular flexibility index (Phi) is 4.04. The van der Waals surface area contributed by atoms with Crippen LogP contribution in [-0.4, -0.2) is 42.5 Å². The molecule has 1 heterocycles. The molecular weight excluding hydrogens is 292 g/mol. The van der Waals surface area contributed by atoms with E-state index in [1.807, 2.05) is 20.8 Å². The van der Waals surface area contributed by atoms with Crippen LogP contribution in [0, 0.1) is 22.7 Å². The van der Waals surface area contributed by atoms with E-state index in [1.165, 1.54) is 7.11 Å². The molecule has 1 aliphatic carbocycles. The number of carbonyl (C=O) groups excluding carboxylic acids is 2. The molecule has 1 saturated carbocycles. The SMILES string of the molecule is COC(=O)[C@@H]1[C@@H]2[C@H](CN1C(=O)[C@@H]([N-]Cl)C(C)(C)C)C2(C)C. The molecule has 0 aromatic carbocycles. The lowest BCUT2D eigenvalue weighted by molar-refractivity contribution is -0.153. The van der Waals surface area contributed by atoms with E-state index in [0.29, 0.717) is 12.5 Å². The van der Waals surface area contributed by atoms with Crippen molar-refractivity contribution in [2.75, 3.05) is 13.7 Å². The van der Waals surface area contributed by atoms with Crippen LogP contribution in [0.2, 0.25) is 0 Å². The van der Waals surface area contributed by atoms with Crippen molar-refractivity contribution in [1.82, 2.24) is 4.90 Å². The van der Waals surface area contributed by atoms with Gasteiger partial charge in [-0.05, 0) is 22.8 Å². The molecule has 0 aromatic rings. The first-order chi connectivity index (χ1) is 9.57. The van der Waals surface area contributed by atoms with E-state index in [9.17, 15) is 9.59 Å². The van der Waals surface area contributed by atoms with E-state index in [2.05, 4.69) is 18.7 Å². The van der Waals surface area contributed by atoms with Crippen molar-refractivity contribution in [3.05, 3.63) is 4.84 Å². The number of halogens is 1. The maximum absolute atomic E-state index is 12.8. The van der Waals surface area contributed by atoms with Crippen molar-refractivity contribution in [1.29, 1.82) is 0 Å². The van der Waals surface area contributed by atoms with Crippen molar-refractivity contribution >= 4 is 23.7 Å². The summed E-state index contributed by atoms with van der Waals surface area (Å²) in [4.78, 5) is 30.3. The van der Waals surface area contributed by atoms with Gasteiger partial charge in [0.2, 0.25) is 5.91 Å². The highest BCUT2D eigenvalue weighted by molar-refractivity contribution is 6.27. The molecule has 120 valence electrons. The van der Waals surface area contributed by atoms with Gasteiger partial charge in [0.15, 0.2) is 0 Å². The third-order valence-corrected chi connectivity index (χ3v) is 5.28. The van der Waals surface area contributed by atoms with Gasteiger partial charge >= 0.3 is 5.97 Å². The Morgan fingerprint density at radius 3 is 2.38 bits per heavy atom. The molecule has 21 heavy (non-hydrogen) atoms. The van der Waals surface area contributed by atoms with Crippen LogP contribution in [0.1, 0.15) is 34.6 Å². The number of hydrogen-bond donors (Lipinski definition) is 0.